The van der Waals surface area contributed by atoms with Crippen molar-refractivity contribution in [3.8, 4) is 0 Å². The Hall–Kier alpha value is -1.92. The summed E-state index contributed by atoms with van der Waals surface area (Å²) < 4.78 is 26.6. The first-order valence-corrected chi connectivity index (χ1v) is 7.22. The second-order valence-corrected chi connectivity index (χ2v) is 5.85. The van der Waals surface area contributed by atoms with E-state index in [4.69, 9.17) is 0 Å². The molecule has 100 valence electrons. The predicted molar refractivity (Wildman–Crippen MR) is 72.9 cm³/mol. The zero-order chi connectivity index (χ0) is 13.9. The van der Waals surface area contributed by atoms with Crippen molar-refractivity contribution in [1.29, 1.82) is 0 Å². The van der Waals surface area contributed by atoms with Crippen LogP contribution in [0.15, 0.2) is 47.4 Å². The third kappa shape index (κ3) is 3.10. The number of benzene rings is 2. The van der Waals surface area contributed by atoms with E-state index < -0.39 is 16.2 Å². The highest BCUT2D eigenvalue weighted by Gasteiger charge is 2.16. The lowest BCUT2D eigenvalue weighted by molar-refractivity contribution is -0.110. The number of hydrogen-bond donors (Lipinski definition) is 2. The van der Waals surface area contributed by atoms with Gasteiger partial charge in [0.05, 0.1) is 11.1 Å². The number of carbonyl (C=O) groups is 1. The van der Waals surface area contributed by atoms with Gasteiger partial charge in [-0.1, -0.05) is 30.3 Å². The molecular weight excluding hydrogens is 264 g/mol. The van der Waals surface area contributed by atoms with E-state index in [0.717, 1.165) is 10.8 Å². The molecule has 0 radical (unpaired) electrons. The molecule has 6 heteroatoms. The molecule has 1 amide bonds. The minimum atomic E-state index is -3.64. The maximum Gasteiger partial charge on any atom is 0.242 e. The van der Waals surface area contributed by atoms with Gasteiger partial charge in [-0.25, -0.2) is 8.42 Å². The molecule has 0 fully saturated rings. The molecular formula is C13H14N2O3S. The quantitative estimate of drug-likeness (QED) is 0.637. The van der Waals surface area contributed by atoms with Crippen molar-refractivity contribution < 1.29 is 13.2 Å². The van der Waals surface area contributed by atoms with Crippen LogP contribution in [0.4, 0.5) is 0 Å². The third-order valence-corrected chi connectivity index (χ3v) is 4.22. The van der Waals surface area contributed by atoms with Crippen LogP contribution in [0, 0.1) is 0 Å². The van der Waals surface area contributed by atoms with Crippen LogP contribution in [0.3, 0.4) is 0 Å². The first-order valence-electron chi connectivity index (χ1n) is 5.74. The zero-order valence-electron chi connectivity index (χ0n) is 10.3. The Bertz CT molecular complexity index is 698. The molecule has 0 aromatic heterocycles. The Morgan fingerprint density at radius 3 is 2.47 bits per heavy atom. The molecule has 0 saturated carbocycles. The second-order valence-electron chi connectivity index (χ2n) is 4.14. The molecule has 2 aromatic rings. The molecule has 5 nitrogen and oxygen atoms in total. The highest BCUT2D eigenvalue weighted by atomic mass is 32.2. The van der Waals surface area contributed by atoms with Crippen molar-refractivity contribution in [2.24, 2.45) is 0 Å². The summed E-state index contributed by atoms with van der Waals surface area (Å²) >= 11 is 0. The maximum absolute atomic E-state index is 12.1. The van der Waals surface area contributed by atoms with Gasteiger partial charge >= 0.3 is 0 Å². The van der Waals surface area contributed by atoms with Crippen LogP contribution >= 0.6 is 0 Å². The van der Waals surface area contributed by atoms with E-state index in [1.54, 1.807) is 19.1 Å². The van der Waals surface area contributed by atoms with Crippen molar-refractivity contribution in [2.75, 3.05) is 0 Å². The van der Waals surface area contributed by atoms with Gasteiger partial charge in [0.15, 0.2) is 0 Å². The molecule has 0 bridgehead atoms. The van der Waals surface area contributed by atoms with E-state index in [-0.39, 0.29) is 4.90 Å². The van der Waals surface area contributed by atoms with Crippen LogP contribution in [-0.2, 0) is 14.8 Å². The fourth-order valence-corrected chi connectivity index (χ4v) is 2.97. The van der Waals surface area contributed by atoms with Gasteiger partial charge in [0, 0.05) is 0 Å². The van der Waals surface area contributed by atoms with Crippen molar-refractivity contribution in [2.45, 2.75) is 18.0 Å². The van der Waals surface area contributed by atoms with Crippen molar-refractivity contribution in [3.05, 3.63) is 42.5 Å². The average molecular weight is 278 g/mol. The van der Waals surface area contributed by atoms with Gasteiger partial charge in [-0.3, -0.25) is 4.79 Å². The van der Waals surface area contributed by atoms with Crippen LogP contribution in [0.1, 0.15) is 6.92 Å². The average Bonchev–Trinajstić information content (AvgIpc) is 2.37. The first kappa shape index (κ1) is 13.5. The van der Waals surface area contributed by atoms with Gasteiger partial charge < -0.3 is 5.32 Å². The normalized spacial score (nSPS) is 13.1. The number of sulfonamides is 1. The molecule has 1 unspecified atom stereocenters. The van der Waals surface area contributed by atoms with Gasteiger partial charge in [-0.05, 0) is 29.8 Å². The summed E-state index contributed by atoms with van der Waals surface area (Å²) in [6, 6.07) is 12.4. The molecule has 0 spiro atoms. The fraction of sp³-hybridized carbons (Fsp3) is 0.154. The highest BCUT2D eigenvalue weighted by Crippen LogP contribution is 2.18. The lowest BCUT2D eigenvalue weighted by Gasteiger charge is -2.13. The predicted octanol–water partition coefficient (Wildman–Crippen LogP) is 1.21. The van der Waals surface area contributed by atoms with Crippen LogP contribution in [0.25, 0.3) is 10.8 Å². The number of rotatable bonds is 5. The van der Waals surface area contributed by atoms with Crippen LogP contribution in [0.5, 0.6) is 0 Å². The van der Waals surface area contributed by atoms with Gasteiger partial charge in [-0.2, -0.15) is 4.72 Å². The lowest BCUT2D eigenvalue weighted by atomic mass is 10.1. The number of fused-ring (bicyclic) bond motifs is 1. The molecule has 1 atom stereocenters. The van der Waals surface area contributed by atoms with Crippen molar-refractivity contribution in [3.63, 3.8) is 0 Å². The summed E-state index contributed by atoms with van der Waals surface area (Å²) in [5.74, 6) is 0. The van der Waals surface area contributed by atoms with E-state index in [1.807, 2.05) is 24.3 Å². The van der Waals surface area contributed by atoms with Crippen LogP contribution < -0.4 is 10.0 Å². The summed E-state index contributed by atoms with van der Waals surface area (Å²) in [4.78, 5) is 10.4. The minimum absolute atomic E-state index is 0.172. The summed E-state index contributed by atoms with van der Waals surface area (Å²) in [5, 5.41) is 4.16. The number of nitrogens with one attached hydrogen (secondary N) is 2. The summed E-state index contributed by atoms with van der Waals surface area (Å²) in [6.45, 7) is 1.55. The molecule has 0 saturated heterocycles. The first-order chi connectivity index (χ1) is 9.03. The monoisotopic (exact) mass is 278 g/mol. The molecule has 2 aromatic carbocycles. The van der Waals surface area contributed by atoms with Gasteiger partial charge in [-0.15, -0.1) is 0 Å². The number of carbonyl (C=O) groups excluding carboxylic acids is 1. The zero-order valence-corrected chi connectivity index (χ0v) is 11.1. The number of hydrogen-bond acceptors (Lipinski definition) is 3. The largest absolute Gasteiger partial charge is 0.343 e. The molecule has 0 aliphatic heterocycles. The molecule has 0 heterocycles. The van der Waals surface area contributed by atoms with E-state index in [9.17, 15) is 13.2 Å². The summed E-state index contributed by atoms with van der Waals surface area (Å²) in [6.07, 6.45) is -0.206. The molecule has 19 heavy (non-hydrogen) atoms. The summed E-state index contributed by atoms with van der Waals surface area (Å²) in [7, 11) is -3.64. The molecule has 2 rings (SSSR count). The molecule has 2 N–H and O–H groups in total. The Balaban J connectivity index is 2.35. The highest BCUT2D eigenvalue weighted by molar-refractivity contribution is 7.89. The Labute approximate surface area is 111 Å². The van der Waals surface area contributed by atoms with Gasteiger partial charge in [0.2, 0.25) is 16.4 Å². The number of amides is 1. The van der Waals surface area contributed by atoms with Crippen molar-refractivity contribution >= 4 is 27.2 Å². The van der Waals surface area contributed by atoms with Crippen LogP contribution in [-0.4, -0.2) is 21.0 Å². The minimum Gasteiger partial charge on any atom is -0.343 e. The van der Waals surface area contributed by atoms with Crippen LogP contribution in [0.2, 0.25) is 0 Å². The third-order valence-electron chi connectivity index (χ3n) is 2.68. The standard InChI is InChI=1S/C13H14N2O3S/c1-10(14-9-16)15-19(17,18)13-7-6-11-4-2-3-5-12(11)8-13/h2-10,15H,1H3,(H,14,16). The van der Waals surface area contributed by atoms with Gasteiger partial charge in [0.1, 0.15) is 0 Å². The van der Waals surface area contributed by atoms with E-state index >= 15 is 0 Å². The SMILES string of the molecule is CC(NC=O)NS(=O)(=O)c1ccc2ccccc2c1. The Morgan fingerprint density at radius 1 is 1.11 bits per heavy atom. The topological polar surface area (TPSA) is 75.3 Å². The van der Waals surface area contributed by atoms with Gasteiger partial charge in [0.25, 0.3) is 0 Å². The Kier molecular flexibility index (Phi) is 3.82. The van der Waals surface area contributed by atoms with E-state index in [0.29, 0.717) is 6.41 Å². The second kappa shape index (κ2) is 5.38. The lowest BCUT2D eigenvalue weighted by Crippen LogP contribution is -2.42. The maximum atomic E-state index is 12.1. The Morgan fingerprint density at radius 2 is 1.79 bits per heavy atom. The smallest absolute Gasteiger partial charge is 0.242 e. The fourth-order valence-electron chi connectivity index (χ4n) is 1.77. The molecule has 0 aliphatic rings. The van der Waals surface area contributed by atoms with Crippen molar-refractivity contribution in [1.82, 2.24) is 10.0 Å². The molecule has 0 aliphatic carbocycles. The summed E-state index contributed by atoms with van der Waals surface area (Å²) in [5.41, 5.74) is 0. The van der Waals surface area contributed by atoms with E-state index in [2.05, 4.69) is 10.0 Å². The van der Waals surface area contributed by atoms with E-state index in [1.165, 1.54) is 6.07 Å².